The van der Waals surface area contributed by atoms with E-state index in [1.165, 1.54) is 12.8 Å². The highest BCUT2D eigenvalue weighted by molar-refractivity contribution is 5.66. The summed E-state index contributed by atoms with van der Waals surface area (Å²) < 4.78 is 5.99. The second-order valence-corrected chi connectivity index (χ2v) is 5.36. The first-order chi connectivity index (χ1) is 8.02. The van der Waals surface area contributed by atoms with Gasteiger partial charge in [-0.25, -0.2) is 0 Å². The number of hydrogen-bond donors (Lipinski definition) is 1. The van der Waals surface area contributed by atoms with Crippen LogP contribution in [0, 0.1) is 0 Å². The summed E-state index contributed by atoms with van der Waals surface area (Å²) in [6.45, 7) is 8.46. The van der Waals surface area contributed by atoms with Gasteiger partial charge in [0.1, 0.15) is 11.4 Å². The molecule has 0 bridgehead atoms. The van der Waals surface area contributed by atoms with Gasteiger partial charge >= 0.3 is 0 Å². The fraction of sp³-hybridized carbons (Fsp3) is 0.571. The van der Waals surface area contributed by atoms with Gasteiger partial charge < -0.3 is 15.4 Å². The number of fused-ring (bicyclic) bond motifs is 1. The van der Waals surface area contributed by atoms with Crippen LogP contribution in [-0.4, -0.2) is 18.7 Å². The lowest BCUT2D eigenvalue weighted by Crippen LogP contribution is -2.47. The summed E-state index contributed by atoms with van der Waals surface area (Å²) in [5.41, 5.74) is 7.67. The highest BCUT2D eigenvalue weighted by Crippen LogP contribution is 2.38. The maximum Gasteiger partial charge on any atom is 0.143 e. The molecule has 1 aromatic carbocycles. The van der Waals surface area contributed by atoms with E-state index in [1.54, 1.807) is 0 Å². The SMILES string of the molecule is CCCCN1CC(C)(C)Oc2ccc(N)cc21. The molecule has 0 aliphatic carbocycles. The van der Waals surface area contributed by atoms with Crippen molar-refractivity contribution in [1.29, 1.82) is 0 Å². The Kier molecular flexibility index (Phi) is 3.18. The van der Waals surface area contributed by atoms with E-state index in [-0.39, 0.29) is 5.60 Å². The number of nitrogen functional groups attached to an aromatic ring is 1. The molecular weight excluding hydrogens is 212 g/mol. The summed E-state index contributed by atoms with van der Waals surface area (Å²) in [4.78, 5) is 2.39. The van der Waals surface area contributed by atoms with Crippen molar-refractivity contribution in [3.05, 3.63) is 18.2 Å². The van der Waals surface area contributed by atoms with Gasteiger partial charge in [0, 0.05) is 12.2 Å². The zero-order valence-corrected chi connectivity index (χ0v) is 11.0. The van der Waals surface area contributed by atoms with Crippen LogP contribution in [0.3, 0.4) is 0 Å². The summed E-state index contributed by atoms with van der Waals surface area (Å²) in [7, 11) is 0. The molecule has 1 aliphatic rings. The van der Waals surface area contributed by atoms with E-state index >= 15 is 0 Å². The topological polar surface area (TPSA) is 38.5 Å². The normalized spacial score (nSPS) is 17.5. The third-order valence-electron chi connectivity index (χ3n) is 3.06. The molecule has 1 aliphatic heterocycles. The average Bonchev–Trinajstić information content (AvgIpc) is 2.26. The van der Waals surface area contributed by atoms with Crippen molar-refractivity contribution < 1.29 is 4.74 Å². The summed E-state index contributed by atoms with van der Waals surface area (Å²) in [5, 5.41) is 0. The van der Waals surface area contributed by atoms with Gasteiger partial charge in [-0.2, -0.15) is 0 Å². The highest BCUT2D eigenvalue weighted by atomic mass is 16.5. The summed E-state index contributed by atoms with van der Waals surface area (Å²) in [6, 6.07) is 5.89. The van der Waals surface area contributed by atoms with Crippen LogP contribution >= 0.6 is 0 Å². The van der Waals surface area contributed by atoms with Gasteiger partial charge in [0.2, 0.25) is 0 Å². The number of ether oxygens (including phenoxy) is 1. The number of unbranched alkanes of at least 4 members (excludes halogenated alkanes) is 1. The number of rotatable bonds is 3. The molecule has 1 heterocycles. The van der Waals surface area contributed by atoms with Gasteiger partial charge in [-0.1, -0.05) is 13.3 Å². The van der Waals surface area contributed by atoms with Crippen molar-refractivity contribution >= 4 is 11.4 Å². The smallest absolute Gasteiger partial charge is 0.143 e. The quantitative estimate of drug-likeness (QED) is 0.817. The molecule has 0 aromatic heterocycles. The highest BCUT2D eigenvalue weighted by Gasteiger charge is 2.31. The third kappa shape index (κ3) is 2.65. The number of nitrogens with zero attached hydrogens (tertiary/aromatic N) is 1. The maximum atomic E-state index is 5.99. The van der Waals surface area contributed by atoms with Crippen molar-refractivity contribution in [3.8, 4) is 5.75 Å². The minimum absolute atomic E-state index is 0.128. The molecule has 0 spiro atoms. The first-order valence-electron chi connectivity index (χ1n) is 6.35. The van der Waals surface area contributed by atoms with Crippen molar-refractivity contribution in [2.45, 2.75) is 39.2 Å². The number of benzene rings is 1. The van der Waals surface area contributed by atoms with E-state index in [1.807, 2.05) is 18.2 Å². The van der Waals surface area contributed by atoms with E-state index in [0.29, 0.717) is 0 Å². The fourth-order valence-electron chi connectivity index (χ4n) is 2.29. The molecule has 0 saturated carbocycles. The van der Waals surface area contributed by atoms with Crippen molar-refractivity contribution in [2.75, 3.05) is 23.7 Å². The molecule has 94 valence electrons. The average molecular weight is 234 g/mol. The Bertz CT molecular complexity index is 401. The van der Waals surface area contributed by atoms with Crippen LogP contribution in [0.4, 0.5) is 11.4 Å². The Morgan fingerprint density at radius 3 is 2.88 bits per heavy atom. The lowest BCUT2D eigenvalue weighted by molar-refractivity contribution is 0.105. The molecule has 0 radical (unpaired) electrons. The van der Waals surface area contributed by atoms with Crippen molar-refractivity contribution in [2.24, 2.45) is 0 Å². The molecule has 0 atom stereocenters. The van der Waals surface area contributed by atoms with E-state index in [4.69, 9.17) is 10.5 Å². The third-order valence-corrected chi connectivity index (χ3v) is 3.06. The standard InChI is InChI=1S/C14H22N2O/c1-4-5-8-16-10-14(2,3)17-13-7-6-11(15)9-12(13)16/h6-7,9H,4-5,8,10,15H2,1-3H3. The maximum absolute atomic E-state index is 5.99. The van der Waals surface area contributed by atoms with E-state index < -0.39 is 0 Å². The Balaban J connectivity index is 2.30. The second kappa shape index (κ2) is 4.47. The lowest BCUT2D eigenvalue weighted by Gasteiger charge is -2.41. The van der Waals surface area contributed by atoms with Gasteiger partial charge in [-0.15, -0.1) is 0 Å². The van der Waals surface area contributed by atoms with Crippen molar-refractivity contribution in [1.82, 2.24) is 0 Å². The molecule has 0 fully saturated rings. The van der Waals surface area contributed by atoms with Gasteiger partial charge in [0.15, 0.2) is 0 Å². The lowest BCUT2D eigenvalue weighted by atomic mass is 10.0. The van der Waals surface area contributed by atoms with Crippen LogP contribution in [0.5, 0.6) is 5.75 Å². The molecule has 3 heteroatoms. The minimum Gasteiger partial charge on any atom is -0.484 e. The van der Waals surface area contributed by atoms with Crippen LogP contribution in [0.15, 0.2) is 18.2 Å². The molecule has 0 amide bonds. The molecule has 1 aromatic rings. The zero-order valence-electron chi connectivity index (χ0n) is 11.0. The Hall–Kier alpha value is -1.38. The van der Waals surface area contributed by atoms with Crippen LogP contribution < -0.4 is 15.4 Å². The minimum atomic E-state index is -0.128. The van der Waals surface area contributed by atoms with Gasteiger partial charge in [-0.3, -0.25) is 0 Å². The van der Waals surface area contributed by atoms with E-state index in [9.17, 15) is 0 Å². The first-order valence-corrected chi connectivity index (χ1v) is 6.35. The largest absolute Gasteiger partial charge is 0.484 e. The predicted molar refractivity (Wildman–Crippen MR) is 72.7 cm³/mol. The van der Waals surface area contributed by atoms with E-state index in [0.717, 1.165) is 30.2 Å². The molecular formula is C14H22N2O. The monoisotopic (exact) mass is 234 g/mol. The van der Waals surface area contributed by atoms with Crippen LogP contribution in [0.2, 0.25) is 0 Å². The van der Waals surface area contributed by atoms with Crippen LogP contribution in [-0.2, 0) is 0 Å². The van der Waals surface area contributed by atoms with Crippen LogP contribution in [0.1, 0.15) is 33.6 Å². The second-order valence-electron chi connectivity index (χ2n) is 5.36. The number of anilines is 2. The van der Waals surface area contributed by atoms with Gasteiger partial charge in [-0.05, 0) is 38.5 Å². The molecule has 0 unspecified atom stereocenters. The molecule has 2 rings (SSSR count). The molecule has 0 saturated heterocycles. The summed E-state index contributed by atoms with van der Waals surface area (Å²) in [5.74, 6) is 0.951. The van der Waals surface area contributed by atoms with Crippen LogP contribution in [0.25, 0.3) is 0 Å². The summed E-state index contributed by atoms with van der Waals surface area (Å²) in [6.07, 6.45) is 2.40. The van der Waals surface area contributed by atoms with Gasteiger partial charge in [0.25, 0.3) is 0 Å². The van der Waals surface area contributed by atoms with E-state index in [2.05, 4.69) is 25.7 Å². The molecule has 3 nitrogen and oxygen atoms in total. The summed E-state index contributed by atoms with van der Waals surface area (Å²) >= 11 is 0. The Morgan fingerprint density at radius 2 is 2.18 bits per heavy atom. The Labute approximate surface area is 104 Å². The number of hydrogen-bond acceptors (Lipinski definition) is 3. The number of nitrogens with two attached hydrogens (primary N) is 1. The van der Waals surface area contributed by atoms with Crippen molar-refractivity contribution in [3.63, 3.8) is 0 Å². The molecule has 2 N–H and O–H groups in total. The first kappa shape index (κ1) is 12.1. The Morgan fingerprint density at radius 1 is 1.41 bits per heavy atom. The molecule has 17 heavy (non-hydrogen) atoms. The predicted octanol–water partition coefficient (Wildman–Crippen LogP) is 3.05. The zero-order chi connectivity index (χ0) is 12.5. The van der Waals surface area contributed by atoms with Gasteiger partial charge in [0.05, 0.1) is 12.2 Å². The fourth-order valence-corrected chi connectivity index (χ4v) is 2.29.